The second-order valence-corrected chi connectivity index (χ2v) is 6.41. The molecular weight excluding hydrogens is 338 g/mol. The molecule has 1 amide bonds. The Balaban J connectivity index is 1.66. The summed E-state index contributed by atoms with van der Waals surface area (Å²) in [5, 5.41) is 6.88. The number of hydrogen-bond donors (Lipinski definition) is 2. The van der Waals surface area contributed by atoms with Crippen LogP contribution in [0.5, 0.6) is 0 Å². The van der Waals surface area contributed by atoms with Gasteiger partial charge in [0.05, 0.1) is 16.9 Å². The highest BCUT2D eigenvalue weighted by atomic mass is 16.2. The van der Waals surface area contributed by atoms with Gasteiger partial charge in [-0.3, -0.25) is 10.1 Å². The molecule has 1 aliphatic rings. The number of nitrogens with zero attached hydrogens (tertiary/aromatic N) is 3. The predicted molar refractivity (Wildman–Crippen MR) is 110 cm³/mol. The first-order valence-corrected chi connectivity index (χ1v) is 8.61. The molecule has 0 saturated heterocycles. The summed E-state index contributed by atoms with van der Waals surface area (Å²) in [6.45, 7) is 0. The van der Waals surface area contributed by atoms with Gasteiger partial charge < -0.3 is 10.2 Å². The predicted octanol–water partition coefficient (Wildman–Crippen LogP) is 3.24. The maximum absolute atomic E-state index is 12.2. The first-order valence-electron chi connectivity index (χ1n) is 8.61. The van der Waals surface area contributed by atoms with E-state index in [1.54, 1.807) is 6.08 Å². The van der Waals surface area contributed by atoms with Crippen LogP contribution in [0.4, 0.5) is 11.4 Å². The van der Waals surface area contributed by atoms with Crippen molar-refractivity contribution in [1.82, 2.24) is 10.3 Å². The Hall–Kier alpha value is -3.67. The number of benzene rings is 2. The highest BCUT2D eigenvalue weighted by Crippen LogP contribution is 2.24. The van der Waals surface area contributed by atoms with E-state index in [2.05, 4.69) is 15.6 Å². The summed E-state index contributed by atoms with van der Waals surface area (Å²) < 4.78 is 0. The zero-order valence-electron chi connectivity index (χ0n) is 15.1. The van der Waals surface area contributed by atoms with Crippen LogP contribution in [0.3, 0.4) is 0 Å². The zero-order valence-corrected chi connectivity index (χ0v) is 15.1. The smallest absolute Gasteiger partial charge is 0.276 e. The van der Waals surface area contributed by atoms with Crippen LogP contribution in [-0.4, -0.2) is 30.9 Å². The molecule has 0 fully saturated rings. The molecule has 1 aliphatic heterocycles. The molecule has 0 saturated carbocycles. The molecular formula is C21H19N5O. The van der Waals surface area contributed by atoms with Crippen LogP contribution in [0, 0.1) is 0 Å². The van der Waals surface area contributed by atoms with Crippen LogP contribution in [0.1, 0.15) is 5.69 Å². The van der Waals surface area contributed by atoms with E-state index in [1.807, 2.05) is 79.7 Å². The monoisotopic (exact) mass is 357 g/mol. The Morgan fingerprint density at radius 3 is 2.59 bits per heavy atom. The van der Waals surface area contributed by atoms with Crippen molar-refractivity contribution in [3.8, 4) is 0 Å². The Kier molecular flexibility index (Phi) is 4.30. The average Bonchev–Trinajstić information content (AvgIpc) is 3.00. The minimum absolute atomic E-state index is 0.253. The van der Waals surface area contributed by atoms with E-state index in [0.717, 1.165) is 22.3 Å². The summed E-state index contributed by atoms with van der Waals surface area (Å²) in [7, 11) is 3.97. The largest absolute Gasteiger partial charge is 0.376 e. The first-order chi connectivity index (χ1) is 13.1. The van der Waals surface area contributed by atoms with Crippen molar-refractivity contribution in [1.29, 1.82) is 0 Å². The van der Waals surface area contributed by atoms with Gasteiger partial charge in [0, 0.05) is 25.2 Å². The molecule has 2 heterocycles. The Morgan fingerprint density at radius 2 is 1.81 bits per heavy atom. The fourth-order valence-electron chi connectivity index (χ4n) is 2.91. The van der Waals surface area contributed by atoms with Crippen LogP contribution in [0.25, 0.3) is 17.0 Å². The average molecular weight is 357 g/mol. The van der Waals surface area contributed by atoms with Gasteiger partial charge in [-0.1, -0.05) is 36.4 Å². The van der Waals surface area contributed by atoms with Crippen LogP contribution in [0.15, 0.2) is 71.4 Å². The van der Waals surface area contributed by atoms with Crippen molar-refractivity contribution in [3.63, 3.8) is 0 Å². The summed E-state index contributed by atoms with van der Waals surface area (Å²) in [6.07, 6.45) is 1.70. The SMILES string of the molecule is CN(C)c1cccc2ccc(C=C3N=C(Nc4ccccc4)NC3=O)nc12. The van der Waals surface area contributed by atoms with Gasteiger partial charge >= 0.3 is 0 Å². The zero-order chi connectivity index (χ0) is 18.8. The molecule has 2 N–H and O–H groups in total. The number of aliphatic imine (C=N–C) groups is 1. The molecule has 0 bridgehead atoms. The third-order valence-electron chi connectivity index (χ3n) is 4.22. The van der Waals surface area contributed by atoms with Crippen molar-refractivity contribution in [3.05, 3.63) is 72.1 Å². The minimum atomic E-state index is -0.253. The first kappa shape index (κ1) is 16.8. The van der Waals surface area contributed by atoms with Gasteiger partial charge in [0.25, 0.3) is 5.91 Å². The quantitative estimate of drug-likeness (QED) is 0.706. The normalized spacial score (nSPS) is 15.0. The van der Waals surface area contributed by atoms with E-state index in [0.29, 0.717) is 17.4 Å². The summed E-state index contributed by atoms with van der Waals surface area (Å²) in [5.41, 5.74) is 3.78. The molecule has 2 aromatic carbocycles. The molecule has 6 nitrogen and oxygen atoms in total. The van der Waals surface area contributed by atoms with E-state index in [-0.39, 0.29) is 5.91 Å². The fourth-order valence-corrected chi connectivity index (χ4v) is 2.91. The Bertz CT molecular complexity index is 1070. The second-order valence-electron chi connectivity index (χ2n) is 6.41. The molecule has 0 spiro atoms. The summed E-state index contributed by atoms with van der Waals surface area (Å²) in [4.78, 5) is 23.3. The lowest BCUT2D eigenvalue weighted by Gasteiger charge is -2.14. The maximum atomic E-state index is 12.2. The molecule has 1 aromatic heterocycles. The number of anilines is 2. The summed E-state index contributed by atoms with van der Waals surface area (Å²) >= 11 is 0. The van der Waals surface area contributed by atoms with Gasteiger partial charge in [-0.15, -0.1) is 0 Å². The van der Waals surface area contributed by atoms with Crippen LogP contribution in [-0.2, 0) is 4.79 Å². The molecule has 0 atom stereocenters. The molecule has 0 unspecified atom stereocenters. The number of hydrogen-bond acceptors (Lipinski definition) is 5. The Labute approximate surface area is 157 Å². The van der Waals surface area contributed by atoms with E-state index in [4.69, 9.17) is 4.98 Å². The van der Waals surface area contributed by atoms with Crippen LogP contribution >= 0.6 is 0 Å². The van der Waals surface area contributed by atoms with Crippen LogP contribution < -0.4 is 15.5 Å². The number of rotatable bonds is 3. The fraction of sp³-hybridized carbons (Fsp3) is 0.0952. The van der Waals surface area contributed by atoms with Gasteiger partial charge in [-0.05, 0) is 30.3 Å². The van der Waals surface area contributed by atoms with Gasteiger partial charge in [0.2, 0.25) is 5.96 Å². The number of carbonyl (C=O) groups is 1. The van der Waals surface area contributed by atoms with Crippen molar-refractivity contribution in [2.75, 3.05) is 24.3 Å². The van der Waals surface area contributed by atoms with E-state index >= 15 is 0 Å². The summed E-state index contributed by atoms with van der Waals surface area (Å²) in [6, 6.07) is 19.5. The lowest BCUT2D eigenvalue weighted by atomic mass is 10.1. The minimum Gasteiger partial charge on any atom is -0.376 e. The molecule has 134 valence electrons. The van der Waals surface area contributed by atoms with Crippen molar-refractivity contribution in [2.45, 2.75) is 0 Å². The van der Waals surface area contributed by atoms with Crippen molar-refractivity contribution in [2.24, 2.45) is 4.99 Å². The standard InChI is InChI=1S/C21H19N5O/c1-26(2)18-10-6-7-14-11-12-16(22-19(14)18)13-17-20(27)25-21(24-17)23-15-8-4-3-5-9-15/h3-13H,1-2H3,(H2,23,24,25,27). The number of guanidine groups is 1. The third-order valence-corrected chi connectivity index (χ3v) is 4.22. The number of nitrogens with one attached hydrogen (secondary N) is 2. The van der Waals surface area contributed by atoms with Gasteiger partial charge in [-0.25, -0.2) is 9.98 Å². The number of para-hydroxylation sites is 2. The summed E-state index contributed by atoms with van der Waals surface area (Å²) in [5.74, 6) is 0.156. The second kappa shape index (κ2) is 6.92. The molecule has 0 aliphatic carbocycles. The third kappa shape index (κ3) is 3.50. The van der Waals surface area contributed by atoms with Gasteiger partial charge in [0.15, 0.2) is 0 Å². The molecule has 6 heteroatoms. The number of carbonyl (C=O) groups excluding carboxylic acids is 1. The lowest BCUT2D eigenvalue weighted by Crippen LogP contribution is -2.29. The number of fused-ring (bicyclic) bond motifs is 1. The topological polar surface area (TPSA) is 69.6 Å². The highest BCUT2D eigenvalue weighted by Gasteiger charge is 2.20. The van der Waals surface area contributed by atoms with Gasteiger partial charge in [-0.2, -0.15) is 0 Å². The maximum Gasteiger partial charge on any atom is 0.276 e. The van der Waals surface area contributed by atoms with E-state index in [9.17, 15) is 4.79 Å². The number of aromatic nitrogens is 1. The lowest BCUT2D eigenvalue weighted by molar-refractivity contribution is -0.115. The van der Waals surface area contributed by atoms with Gasteiger partial charge in [0.1, 0.15) is 5.70 Å². The van der Waals surface area contributed by atoms with Crippen LogP contribution in [0.2, 0.25) is 0 Å². The molecule has 3 aromatic rings. The number of pyridine rings is 1. The van der Waals surface area contributed by atoms with E-state index in [1.165, 1.54) is 0 Å². The van der Waals surface area contributed by atoms with E-state index < -0.39 is 0 Å². The molecule has 0 radical (unpaired) electrons. The number of amides is 1. The molecule has 27 heavy (non-hydrogen) atoms. The molecule has 4 rings (SSSR count). The Morgan fingerprint density at radius 1 is 1.00 bits per heavy atom. The van der Waals surface area contributed by atoms with Crippen molar-refractivity contribution >= 4 is 40.2 Å². The highest BCUT2D eigenvalue weighted by molar-refractivity contribution is 6.17. The van der Waals surface area contributed by atoms with Crippen molar-refractivity contribution < 1.29 is 4.79 Å².